The summed E-state index contributed by atoms with van der Waals surface area (Å²) >= 11 is 7.66. The number of fused-ring (bicyclic) bond motifs is 1. The Bertz CT molecular complexity index is 757. The van der Waals surface area contributed by atoms with Gasteiger partial charge in [-0.3, -0.25) is 0 Å². The van der Waals surface area contributed by atoms with E-state index in [9.17, 15) is 4.39 Å². The molecule has 0 radical (unpaired) electrons. The first-order valence-corrected chi connectivity index (χ1v) is 6.77. The molecule has 2 heterocycles. The fraction of sp³-hybridized carbons (Fsp3) is 0.0769. The molecule has 6 heteroatoms. The van der Waals surface area contributed by atoms with Gasteiger partial charge in [-0.15, -0.1) is 11.3 Å². The van der Waals surface area contributed by atoms with Crippen LogP contribution < -0.4 is 5.32 Å². The van der Waals surface area contributed by atoms with Crippen molar-refractivity contribution in [3.8, 4) is 0 Å². The van der Waals surface area contributed by atoms with Crippen molar-refractivity contribution in [1.29, 1.82) is 0 Å². The molecule has 0 aliphatic rings. The van der Waals surface area contributed by atoms with Gasteiger partial charge in [0, 0.05) is 16.0 Å². The second-order valence-electron chi connectivity index (χ2n) is 4.05. The zero-order valence-corrected chi connectivity index (χ0v) is 11.5. The SMILES string of the molecule is Cc1cc2c(Cl)nc(Nc3cccc(F)c3)nc2s1. The fourth-order valence-electron chi connectivity index (χ4n) is 1.76. The van der Waals surface area contributed by atoms with Crippen LogP contribution in [0.2, 0.25) is 5.15 Å². The Labute approximate surface area is 118 Å². The number of hydrogen-bond acceptors (Lipinski definition) is 4. The average molecular weight is 294 g/mol. The summed E-state index contributed by atoms with van der Waals surface area (Å²) in [6.07, 6.45) is 0. The van der Waals surface area contributed by atoms with Gasteiger partial charge in [0.25, 0.3) is 0 Å². The molecule has 0 saturated carbocycles. The third kappa shape index (κ3) is 2.52. The van der Waals surface area contributed by atoms with Gasteiger partial charge in [0.15, 0.2) is 0 Å². The van der Waals surface area contributed by atoms with Gasteiger partial charge in [-0.2, -0.15) is 0 Å². The minimum Gasteiger partial charge on any atom is -0.324 e. The molecule has 2 aromatic heterocycles. The molecule has 96 valence electrons. The van der Waals surface area contributed by atoms with Crippen molar-refractivity contribution in [2.45, 2.75) is 6.92 Å². The summed E-state index contributed by atoms with van der Waals surface area (Å²) in [5, 5.41) is 4.19. The number of benzene rings is 1. The molecule has 1 N–H and O–H groups in total. The van der Waals surface area contributed by atoms with Crippen LogP contribution in [0.1, 0.15) is 4.88 Å². The van der Waals surface area contributed by atoms with Gasteiger partial charge in [0.05, 0.1) is 0 Å². The van der Waals surface area contributed by atoms with E-state index in [1.54, 1.807) is 23.5 Å². The Morgan fingerprint density at radius 1 is 1.26 bits per heavy atom. The lowest BCUT2D eigenvalue weighted by Crippen LogP contribution is -1.97. The van der Waals surface area contributed by atoms with Crippen molar-refractivity contribution in [3.05, 3.63) is 46.2 Å². The largest absolute Gasteiger partial charge is 0.324 e. The second kappa shape index (κ2) is 4.75. The minimum atomic E-state index is -0.316. The van der Waals surface area contributed by atoms with Crippen molar-refractivity contribution in [2.24, 2.45) is 0 Å². The van der Waals surface area contributed by atoms with E-state index < -0.39 is 0 Å². The summed E-state index contributed by atoms with van der Waals surface area (Å²) in [7, 11) is 0. The van der Waals surface area contributed by atoms with Crippen LogP contribution >= 0.6 is 22.9 Å². The molecule has 19 heavy (non-hydrogen) atoms. The Morgan fingerprint density at radius 3 is 2.89 bits per heavy atom. The molecular formula is C13H9ClFN3S. The second-order valence-corrected chi connectivity index (χ2v) is 5.64. The van der Waals surface area contributed by atoms with E-state index in [1.165, 1.54) is 12.1 Å². The van der Waals surface area contributed by atoms with Crippen LogP contribution in [-0.4, -0.2) is 9.97 Å². The smallest absolute Gasteiger partial charge is 0.230 e. The van der Waals surface area contributed by atoms with Crippen molar-refractivity contribution < 1.29 is 4.39 Å². The molecule has 0 fully saturated rings. The number of halogens is 2. The summed E-state index contributed by atoms with van der Waals surface area (Å²) < 4.78 is 13.1. The number of nitrogens with zero attached hydrogens (tertiary/aromatic N) is 2. The first-order valence-electron chi connectivity index (χ1n) is 5.58. The lowest BCUT2D eigenvalue weighted by molar-refractivity contribution is 0.628. The molecule has 3 nitrogen and oxygen atoms in total. The quantitative estimate of drug-likeness (QED) is 0.705. The molecule has 0 aliphatic carbocycles. The standard InChI is InChI=1S/C13H9ClFN3S/c1-7-5-10-11(14)17-13(18-12(10)19-7)16-9-4-2-3-8(15)6-9/h2-6H,1H3,(H,16,17,18). The van der Waals surface area contributed by atoms with Crippen molar-refractivity contribution in [2.75, 3.05) is 5.32 Å². The first-order chi connectivity index (χ1) is 9.11. The van der Waals surface area contributed by atoms with Crippen molar-refractivity contribution >= 4 is 44.8 Å². The minimum absolute atomic E-state index is 0.316. The van der Waals surface area contributed by atoms with E-state index >= 15 is 0 Å². The molecule has 0 bridgehead atoms. The van der Waals surface area contributed by atoms with Gasteiger partial charge in [0.1, 0.15) is 15.8 Å². The molecule has 0 spiro atoms. The van der Waals surface area contributed by atoms with Crippen LogP contribution in [0, 0.1) is 12.7 Å². The highest BCUT2D eigenvalue weighted by Crippen LogP contribution is 2.29. The Morgan fingerprint density at radius 2 is 2.11 bits per heavy atom. The molecule has 0 unspecified atom stereocenters. The van der Waals surface area contributed by atoms with Gasteiger partial charge in [-0.1, -0.05) is 17.7 Å². The lowest BCUT2D eigenvalue weighted by Gasteiger charge is -2.05. The van der Waals surface area contributed by atoms with E-state index in [2.05, 4.69) is 15.3 Å². The van der Waals surface area contributed by atoms with E-state index in [-0.39, 0.29) is 5.82 Å². The predicted octanol–water partition coefficient (Wildman–Crippen LogP) is 4.54. The molecule has 3 rings (SSSR count). The van der Waals surface area contributed by atoms with Gasteiger partial charge in [-0.25, -0.2) is 14.4 Å². The maximum atomic E-state index is 13.1. The van der Waals surface area contributed by atoms with E-state index in [0.717, 1.165) is 15.1 Å². The number of aromatic nitrogens is 2. The Balaban J connectivity index is 2.01. The van der Waals surface area contributed by atoms with Crippen LogP contribution in [0.3, 0.4) is 0 Å². The van der Waals surface area contributed by atoms with E-state index in [1.807, 2.05) is 13.0 Å². The fourth-order valence-corrected chi connectivity index (χ4v) is 2.92. The Hall–Kier alpha value is -1.72. The van der Waals surface area contributed by atoms with Gasteiger partial charge in [0.2, 0.25) is 5.95 Å². The normalized spacial score (nSPS) is 10.9. The predicted molar refractivity (Wildman–Crippen MR) is 76.8 cm³/mol. The highest BCUT2D eigenvalue weighted by Gasteiger charge is 2.09. The number of aryl methyl sites for hydroxylation is 1. The van der Waals surface area contributed by atoms with Crippen LogP contribution in [0.4, 0.5) is 16.0 Å². The first kappa shape index (κ1) is 12.3. The Kier molecular flexibility index (Phi) is 3.08. The van der Waals surface area contributed by atoms with E-state index in [0.29, 0.717) is 16.8 Å². The maximum Gasteiger partial charge on any atom is 0.230 e. The molecule has 0 aliphatic heterocycles. The summed E-state index contributed by atoms with van der Waals surface area (Å²) in [4.78, 5) is 10.5. The zero-order chi connectivity index (χ0) is 13.4. The number of hydrogen-bond donors (Lipinski definition) is 1. The van der Waals surface area contributed by atoms with Crippen LogP contribution in [0.15, 0.2) is 30.3 Å². The lowest BCUT2D eigenvalue weighted by atomic mass is 10.3. The van der Waals surface area contributed by atoms with Gasteiger partial charge in [-0.05, 0) is 31.2 Å². The number of anilines is 2. The third-order valence-corrected chi connectivity index (χ3v) is 3.78. The highest BCUT2D eigenvalue weighted by molar-refractivity contribution is 7.18. The van der Waals surface area contributed by atoms with Gasteiger partial charge >= 0.3 is 0 Å². The van der Waals surface area contributed by atoms with Crippen molar-refractivity contribution in [3.63, 3.8) is 0 Å². The molecule has 1 aromatic carbocycles. The average Bonchev–Trinajstić information content (AvgIpc) is 2.70. The zero-order valence-electron chi connectivity index (χ0n) is 9.95. The number of rotatable bonds is 2. The molecule has 0 atom stereocenters. The van der Waals surface area contributed by atoms with E-state index in [4.69, 9.17) is 11.6 Å². The molecule has 0 amide bonds. The molecule has 3 aromatic rings. The van der Waals surface area contributed by atoms with Gasteiger partial charge < -0.3 is 5.32 Å². The van der Waals surface area contributed by atoms with Crippen LogP contribution in [-0.2, 0) is 0 Å². The van der Waals surface area contributed by atoms with Crippen molar-refractivity contribution in [1.82, 2.24) is 9.97 Å². The highest BCUT2D eigenvalue weighted by atomic mass is 35.5. The molecular weight excluding hydrogens is 285 g/mol. The third-order valence-electron chi connectivity index (χ3n) is 2.55. The monoisotopic (exact) mass is 293 g/mol. The van der Waals surface area contributed by atoms with Crippen LogP contribution in [0.5, 0.6) is 0 Å². The molecule has 0 saturated heterocycles. The summed E-state index contributed by atoms with van der Waals surface area (Å²) in [6, 6.07) is 8.07. The summed E-state index contributed by atoms with van der Waals surface area (Å²) in [5.74, 6) is 0.0501. The maximum absolute atomic E-state index is 13.1. The number of thiophene rings is 1. The number of nitrogens with one attached hydrogen (secondary N) is 1. The summed E-state index contributed by atoms with van der Waals surface area (Å²) in [5.41, 5.74) is 0.587. The van der Waals surface area contributed by atoms with Crippen LogP contribution in [0.25, 0.3) is 10.2 Å². The topological polar surface area (TPSA) is 37.8 Å². The summed E-state index contributed by atoms with van der Waals surface area (Å²) in [6.45, 7) is 1.99.